The van der Waals surface area contributed by atoms with Gasteiger partial charge in [-0.3, -0.25) is 8.75 Å². The van der Waals surface area contributed by atoms with E-state index in [1.54, 1.807) is 35.3 Å². The van der Waals surface area contributed by atoms with Gasteiger partial charge >= 0.3 is 0 Å². The quantitative estimate of drug-likeness (QED) is 0.584. The molecular weight excluding hydrogens is 398 g/mol. The summed E-state index contributed by atoms with van der Waals surface area (Å²) in [6.07, 6.45) is 1.18. The number of methoxy groups -OCH3 is 1. The van der Waals surface area contributed by atoms with Gasteiger partial charge in [0.1, 0.15) is 9.84 Å². The second-order valence-electron chi connectivity index (χ2n) is 6.63. The molecule has 1 atom stereocenters. The molecule has 0 aliphatic heterocycles. The highest BCUT2D eigenvalue weighted by atomic mass is 32.2. The second kappa shape index (κ2) is 7.97. The Hall–Kier alpha value is -2.32. The zero-order valence-corrected chi connectivity index (χ0v) is 17.9. The van der Waals surface area contributed by atoms with Crippen LogP contribution in [0, 0.1) is 6.92 Å². The van der Waals surface area contributed by atoms with E-state index in [0.29, 0.717) is 29.1 Å². The van der Waals surface area contributed by atoms with E-state index in [1.807, 2.05) is 26.0 Å². The molecule has 2 aromatic carbocycles. The summed E-state index contributed by atoms with van der Waals surface area (Å²) in [5.74, 6) is 0.894. The van der Waals surface area contributed by atoms with Crippen molar-refractivity contribution >= 4 is 31.5 Å². The van der Waals surface area contributed by atoms with Crippen LogP contribution < -0.4 is 15.0 Å². The van der Waals surface area contributed by atoms with Crippen LogP contribution in [0.4, 0.5) is 0 Å². The van der Waals surface area contributed by atoms with E-state index >= 15 is 0 Å². The maximum absolute atomic E-state index is 13.0. The summed E-state index contributed by atoms with van der Waals surface area (Å²) in [7, 11) is -1.80. The van der Waals surface area contributed by atoms with Gasteiger partial charge in [0.2, 0.25) is 0 Å². The Balaban J connectivity index is 2.21. The molecule has 1 heterocycles. The minimum absolute atomic E-state index is 0.184. The van der Waals surface area contributed by atoms with Crippen molar-refractivity contribution in [2.75, 3.05) is 25.7 Å². The van der Waals surface area contributed by atoms with Crippen LogP contribution in [-0.2, 0) is 9.84 Å². The lowest BCUT2D eigenvalue weighted by Crippen LogP contribution is -2.26. The molecule has 3 rings (SSSR count). The molecule has 0 unspecified atom stereocenters. The van der Waals surface area contributed by atoms with E-state index in [-0.39, 0.29) is 11.3 Å². The molecule has 0 saturated carbocycles. The van der Waals surface area contributed by atoms with Gasteiger partial charge in [0.25, 0.3) is 5.56 Å². The van der Waals surface area contributed by atoms with E-state index in [0.717, 1.165) is 10.3 Å². The predicted molar refractivity (Wildman–Crippen MR) is 113 cm³/mol. The second-order valence-corrected chi connectivity index (χ2v) is 9.79. The van der Waals surface area contributed by atoms with Crippen LogP contribution in [0.2, 0.25) is 0 Å². The SMILES string of the molecule is CCOc1cc([C@@H](CS(C)(=O)=O)n2sc3c(C)cccc3c2=O)ccc1OC. The van der Waals surface area contributed by atoms with Gasteiger partial charge in [-0.25, -0.2) is 8.42 Å². The Morgan fingerprint density at radius 2 is 1.93 bits per heavy atom. The number of ether oxygens (including phenoxy) is 2. The van der Waals surface area contributed by atoms with E-state index in [4.69, 9.17) is 9.47 Å². The Labute approximate surface area is 168 Å². The van der Waals surface area contributed by atoms with Gasteiger partial charge in [-0.1, -0.05) is 29.7 Å². The number of rotatable bonds is 7. The lowest BCUT2D eigenvalue weighted by atomic mass is 10.1. The van der Waals surface area contributed by atoms with Crippen LogP contribution in [0.3, 0.4) is 0 Å². The molecule has 0 amide bonds. The number of hydrogen-bond donors (Lipinski definition) is 0. The van der Waals surface area contributed by atoms with Crippen molar-refractivity contribution in [3.05, 3.63) is 57.9 Å². The van der Waals surface area contributed by atoms with Gasteiger partial charge in [0.05, 0.1) is 35.6 Å². The fourth-order valence-corrected chi connectivity index (χ4v) is 5.34. The Bertz CT molecular complexity index is 1160. The molecule has 0 N–H and O–H groups in total. The first-order valence-electron chi connectivity index (χ1n) is 8.84. The number of fused-ring (bicyclic) bond motifs is 1. The molecule has 0 radical (unpaired) electrons. The van der Waals surface area contributed by atoms with Crippen molar-refractivity contribution in [2.24, 2.45) is 0 Å². The average Bonchev–Trinajstić information content (AvgIpc) is 2.97. The summed E-state index contributed by atoms with van der Waals surface area (Å²) >= 11 is 1.29. The molecule has 3 aromatic rings. The van der Waals surface area contributed by atoms with Crippen molar-refractivity contribution in [1.82, 2.24) is 3.96 Å². The van der Waals surface area contributed by atoms with Gasteiger partial charge < -0.3 is 9.47 Å². The van der Waals surface area contributed by atoms with Crippen LogP contribution in [0.15, 0.2) is 41.2 Å². The zero-order valence-electron chi connectivity index (χ0n) is 16.3. The largest absolute Gasteiger partial charge is 0.493 e. The number of sulfone groups is 1. The molecule has 28 heavy (non-hydrogen) atoms. The topological polar surface area (TPSA) is 74.6 Å². The number of aryl methyl sites for hydroxylation is 1. The van der Waals surface area contributed by atoms with Crippen molar-refractivity contribution in [3.63, 3.8) is 0 Å². The monoisotopic (exact) mass is 421 g/mol. The first-order chi connectivity index (χ1) is 13.2. The van der Waals surface area contributed by atoms with E-state index < -0.39 is 15.9 Å². The van der Waals surface area contributed by atoms with Gasteiger partial charge in [0, 0.05) is 6.26 Å². The summed E-state index contributed by atoms with van der Waals surface area (Å²) in [6.45, 7) is 4.24. The number of benzene rings is 2. The Morgan fingerprint density at radius 1 is 1.18 bits per heavy atom. The standard InChI is InChI=1S/C20H23NO5S2/c1-5-26-18-11-14(9-10-17(18)25-3)16(12-28(4,23)24)21-20(22)15-8-6-7-13(2)19(15)27-21/h6-11,16H,5,12H2,1-4H3/t16-/m1/s1. The molecule has 150 valence electrons. The van der Waals surface area contributed by atoms with Crippen LogP contribution in [0.5, 0.6) is 11.5 Å². The first-order valence-corrected chi connectivity index (χ1v) is 11.7. The highest BCUT2D eigenvalue weighted by Gasteiger charge is 2.25. The lowest BCUT2D eigenvalue weighted by Gasteiger charge is -2.19. The van der Waals surface area contributed by atoms with Crippen LogP contribution in [0.25, 0.3) is 10.1 Å². The zero-order chi connectivity index (χ0) is 20.5. The summed E-state index contributed by atoms with van der Waals surface area (Å²) in [6, 6.07) is 10.2. The predicted octanol–water partition coefficient (Wildman–Crippen LogP) is 3.41. The molecule has 0 spiro atoms. The molecule has 1 aromatic heterocycles. The summed E-state index contributed by atoms with van der Waals surface area (Å²) in [5.41, 5.74) is 1.48. The highest BCUT2D eigenvalue weighted by molar-refractivity contribution is 7.90. The lowest BCUT2D eigenvalue weighted by molar-refractivity contribution is 0.310. The van der Waals surface area contributed by atoms with E-state index in [2.05, 4.69) is 0 Å². The van der Waals surface area contributed by atoms with Gasteiger partial charge in [-0.05, 0) is 43.2 Å². The van der Waals surface area contributed by atoms with E-state index in [1.165, 1.54) is 17.8 Å². The number of aromatic nitrogens is 1. The molecule has 0 saturated heterocycles. The Morgan fingerprint density at radius 3 is 2.54 bits per heavy atom. The molecule has 0 aliphatic carbocycles. The fourth-order valence-electron chi connectivity index (χ4n) is 3.16. The maximum atomic E-state index is 13.0. The third kappa shape index (κ3) is 4.07. The van der Waals surface area contributed by atoms with Crippen molar-refractivity contribution in [3.8, 4) is 11.5 Å². The third-order valence-corrected chi connectivity index (χ3v) is 6.71. The third-order valence-electron chi connectivity index (χ3n) is 4.45. The average molecular weight is 422 g/mol. The van der Waals surface area contributed by atoms with Crippen molar-refractivity contribution in [2.45, 2.75) is 19.9 Å². The number of hydrogen-bond acceptors (Lipinski definition) is 6. The van der Waals surface area contributed by atoms with Crippen molar-refractivity contribution in [1.29, 1.82) is 0 Å². The Kier molecular flexibility index (Phi) is 5.81. The minimum Gasteiger partial charge on any atom is -0.493 e. The highest BCUT2D eigenvalue weighted by Crippen LogP contribution is 2.33. The van der Waals surface area contributed by atoms with Gasteiger partial charge in [-0.15, -0.1) is 0 Å². The number of nitrogens with zero attached hydrogens (tertiary/aromatic N) is 1. The van der Waals surface area contributed by atoms with Gasteiger partial charge in [-0.2, -0.15) is 0 Å². The molecule has 8 heteroatoms. The molecule has 0 aliphatic rings. The molecular formula is C20H23NO5S2. The smallest absolute Gasteiger partial charge is 0.269 e. The molecule has 0 bridgehead atoms. The summed E-state index contributed by atoms with van der Waals surface area (Å²) in [4.78, 5) is 13.0. The molecule has 0 fully saturated rings. The minimum atomic E-state index is -3.35. The van der Waals surface area contributed by atoms with Crippen molar-refractivity contribution < 1.29 is 17.9 Å². The first kappa shape index (κ1) is 20.4. The van der Waals surface area contributed by atoms with Gasteiger partial charge in [0.15, 0.2) is 11.5 Å². The normalized spacial score (nSPS) is 12.9. The van der Waals surface area contributed by atoms with Crippen LogP contribution >= 0.6 is 11.5 Å². The van der Waals surface area contributed by atoms with E-state index in [9.17, 15) is 13.2 Å². The summed E-state index contributed by atoms with van der Waals surface area (Å²) in [5, 5.41) is 0.599. The van der Waals surface area contributed by atoms with Crippen LogP contribution in [-0.4, -0.2) is 38.1 Å². The molecule has 6 nitrogen and oxygen atoms in total. The summed E-state index contributed by atoms with van der Waals surface area (Å²) < 4.78 is 37.7. The maximum Gasteiger partial charge on any atom is 0.269 e. The fraction of sp³-hybridized carbons (Fsp3) is 0.350. The van der Waals surface area contributed by atoms with Crippen LogP contribution in [0.1, 0.15) is 24.1 Å².